The van der Waals surface area contributed by atoms with Crippen LogP contribution >= 0.6 is 0 Å². The van der Waals surface area contributed by atoms with E-state index < -0.39 is 0 Å². The first-order valence-electron chi connectivity index (χ1n) is 9.10. The predicted molar refractivity (Wildman–Crippen MR) is 94.3 cm³/mol. The monoisotopic (exact) mass is 360 g/mol. The summed E-state index contributed by atoms with van der Waals surface area (Å²) in [4.78, 5) is 2.98. The van der Waals surface area contributed by atoms with E-state index in [2.05, 4.69) is 6.07 Å². The fraction of sp³-hybridized carbons (Fsp3) is 0.400. The van der Waals surface area contributed by atoms with Crippen LogP contribution in [0.4, 0.5) is 4.39 Å². The van der Waals surface area contributed by atoms with Crippen molar-refractivity contribution in [3.63, 3.8) is 0 Å². The Morgan fingerprint density at radius 3 is 2.46 bits per heavy atom. The van der Waals surface area contributed by atoms with E-state index in [9.17, 15) is 4.39 Å². The van der Waals surface area contributed by atoms with Gasteiger partial charge in [0.2, 0.25) is 12.5 Å². The number of ether oxygens (including phenoxy) is 3. The molecule has 0 amide bonds. The summed E-state index contributed by atoms with van der Waals surface area (Å²) in [6, 6.07) is 11.2. The van der Waals surface area contributed by atoms with Crippen LogP contribution in [0.5, 0.6) is 17.2 Å². The predicted octanol–water partition coefficient (Wildman–Crippen LogP) is 0.0466. The largest absolute Gasteiger partial charge is 0.493 e. The van der Waals surface area contributed by atoms with Crippen molar-refractivity contribution in [3.05, 3.63) is 53.3 Å². The maximum atomic E-state index is 13.8. The van der Waals surface area contributed by atoms with Crippen LogP contribution in [-0.4, -0.2) is 40.1 Å². The van der Waals surface area contributed by atoms with Gasteiger partial charge in [-0.1, -0.05) is 18.2 Å². The van der Waals surface area contributed by atoms with Crippen molar-refractivity contribution in [1.82, 2.24) is 0 Å². The average Bonchev–Trinajstić information content (AvgIpc) is 3.13. The summed E-state index contributed by atoms with van der Waals surface area (Å²) in [5.41, 5.74) is 2.00. The Kier molecular flexibility index (Phi) is 4.95. The van der Waals surface area contributed by atoms with Gasteiger partial charge in [0.25, 0.3) is 0 Å². The Morgan fingerprint density at radius 1 is 1.00 bits per heavy atom. The summed E-state index contributed by atoms with van der Waals surface area (Å²) in [6.45, 7) is 6.18. The lowest BCUT2D eigenvalue weighted by atomic mass is 10.1. The lowest BCUT2D eigenvalue weighted by Crippen LogP contribution is -3.27. The summed E-state index contributed by atoms with van der Waals surface area (Å²) >= 11 is 0. The first-order chi connectivity index (χ1) is 12.7. The molecule has 6 heteroatoms. The van der Waals surface area contributed by atoms with Crippen LogP contribution in [0.25, 0.3) is 0 Å². The smallest absolute Gasteiger partial charge is 0.231 e. The van der Waals surface area contributed by atoms with Crippen LogP contribution in [0.3, 0.4) is 0 Å². The molecule has 0 aromatic heterocycles. The van der Waals surface area contributed by atoms with Gasteiger partial charge in [0.15, 0.2) is 11.5 Å². The summed E-state index contributed by atoms with van der Waals surface area (Å²) in [6.07, 6.45) is 0. The number of benzene rings is 2. The van der Waals surface area contributed by atoms with Crippen molar-refractivity contribution in [2.24, 2.45) is 0 Å². The van der Waals surface area contributed by atoms with Crippen molar-refractivity contribution in [2.45, 2.75) is 13.1 Å². The van der Waals surface area contributed by atoms with Gasteiger partial charge < -0.3 is 24.0 Å². The number of fused-ring (bicyclic) bond motifs is 1. The van der Waals surface area contributed by atoms with E-state index in [1.165, 1.54) is 15.4 Å². The lowest BCUT2D eigenvalue weighted by molar-refractivity contribution is -1.02. The van der Waals surface area contributed by atoms with Crippen LogP contribution < -0.4 is 24.0 Å². The highest BCUT2D eigenvalue weighted by Gasteiger charge is 2.26. The second-order valence-electron chi connectivity index (χ2n) is 6.98. The van der Waals surface area contributed by atoms with Gasteiger partial charge in [0.05, 0.1) is 7.11 Å². The number of quaternary nitrogens is 2. The van der Waals surface area contributed by atoms with Gasteiger partial charge in [-0.2, -0.15) is 0 Å². The molecule has 26 heavy (non-hydrogen) atoms. The molecule has 2 aliphatic rings. The zero-order chi connectivity index (χ0) is 17.9. The summed E-state index contributed by atoms with van der Waals surface area (Å²) in [5.74, 6) is 2.11. The first-order valence-corrected chi connectivity index (χ1v) is 9.10. The Bertz CT molecular complexity index is 776. The van der Waals surface area contributed by atoms with E-state index in [0.717, 1.165) is 56.3 Å². The standard InChI is InChI=1S/C20H23FN2O3/c1-24-18-10-15(11-19-20(18)26-14-25-19)12-22-6-8-23(9-7-22)13-16-4-2-3-5-17(16)21/h2-5,10-11H,6-9,12-14H2,1H3/p+2. The average molecular weight is 360 g/mol. The third-order valence-corrected chi connectivity index (χ3v) is 5.23. The van der Waals surface area contributed by atoms with E-state index in [1.807, 2.05) is 18.2 Å². The van der Waals surface area contributed by atoms with Gasteiger partial charge in [0, 0.05) is 11.1 Å². The molecule has 2 aromatic rings. The van der Waals surface area contributed by atoms with Gasteiger partial charge >= 0.3 is 0 Å². The third kappa shape index (κ3) is 3.61. The molecule has 138 valence electrons. The SMILES string of the molecule is COc1cc(C[NH+]2CC[NH+](Cc3ccccc3F)CC2)cc2c1OCO2. The Morgan fingerprint density at radius 2 is 1.73 bits per heavy atom. The number of nitrogens with one attached hydrogen (secondary N) is 2. The number of rotatable bonds is 5. The highest BCUT2D eigenvalue weighted by atomic mass is 19.1. The molecule has 0 atom stereocenters. The fourth-order valence-electron chi connectivity index (χ4n) is 3.80. The van der Waals surface area contributed by atoms with Crippen molar-refractivity contribution < 1.29 is 28.4 Å². The summed E-state index contributed by atoms with van der Waals surface area (Å²) in [7, 11) is 1.65. The van der Waals surface area contributed by atoms with E-state index in [0.29, 0.717) is 5.75 Å². The van der Waals surface area contributed by atoms with Gasteiger partial charge in [0.1, 0.15) is 45.1 Å². The third-order valence-electron chi connectivity index (χ3n) is 5.23. The van der Waals surface area contributed by atoms with Gasteiger partial charge in [-0.3, -0.25) is 0 Å². The molecular weight excluding hydrogens is 335 g/mol. The normalized spacial score (nSPS) is 21.6. The van der Waals surface area contributed by atoms with Crippen LogP contribution in [0.2, 0.25) is 0 Å². The van der Waals surface area contributed by atoms with Crippen LogP contribution in [0.1, 0.15) is 11.1 Å². The molecule has 0 aliphatic carbocycles. The second kappa shape index (κ2) is 7.51. The summed E-state index contributed by atoms with van der Waals surface area (Å²) in [5, 5.41) is 0. The van der Waals surface area contributed by atoms with Crippen molar-refractivity contribution in [3.8, 4) is 17.2 Å². The van der Waals surface area contributed by atoms with E-state index in [4.69, 9.17) is 14.2 Å². The van der Waals surface area contributed by atoms with Crippen LogP contribution in [-0.2, 0) is 13.1 Å². The molecule has 1 fully saturated rings. The molecule has 4 rings (SSSR count). The molecule has 1 saturated heterocycles. The molecule has 0 unspecified atom stereocenters. The molecule has 2 heterocycles. The summed E-state index contributed by atoms with van der Waals surface area (Å²) < 4.78 is 30.2. The number of hydrogen-bond donors (Lipinski definition) is 2. The van der Waals surface area contributed by atoms with Crippen molar-refractivity contribution >= 4 is 0 Å². The number of halogens is 1. The second-order valence-corrected chi connectivity index (χ2v) is 6.98. The number of hydrogen-bond acceptors (Lipinski definition) is 3. The van der Waals surface area contributed by atoms with Gasteiger partial charge in [-0.05, 0) is 18.2 Å². The molecule has 2 aliphatic heterocycles. The van der Waals surface area contributed by atoms with Crippen LogP contribution in [0, 0.1) is 5.82 Å². The Balaban J connectivity index is 1.35. The molecule has 0 bridgehead atoms. The van der Waals surface area contributed by atoms with E-state index in [1.54, 1.807) is 19.2 Å². The highest BCUT2D eigenvalue weighted by Crippen LogP contribution is 2.41. The lowest BCUT2D eigenvalue weighted by Gasteiger charge is -2.30. The maximum Gasteiger partial charge on any atom is 0.231 e. The fourth-order valence-corrected chi connectivity index (χ4v) is 3.80. The molecule has 5 nitrogen and oxygen atoms in total. The minimum Gasteiger partial charge on any atom is -0.493 e. The maximum absolute atomic E-state index is 13.8. The molecule has 0 radical (unpaired) electrons. The Hall–Kier alpha value is -2.31. The van der Waals surface area contributed by atoms with E-state index >= 15 is 0 Å². The van der Waals surface area contributed by atoms with Crippen LogP contribution in [0.15, 0.2) is 36.4 Å². The molecular formula is C20H25FN2O3+2. The first kappa shape index (κ1) is 17.1. The van der Waals surface area contributed by atoms with E-state index in [-0.39, 0.29) is 12.6 Å². The quantitative estimate of drug-likeness (QED) is 0.791. The molecule has 0 saturated carbocycles. The van der Waals surface area contributed by atoms with Crippen molar-refractivity contribution in [2.75, 3.05) is 40.1 Å². The minimum absolute atomic E-state index is 0.0952. The van der Waals surface area contributed by atoms with Gasteiger partial charge in [-0.25, -0.2) is 4.39 Å². The minimum atomic E-state index is -0.0952. The van der Waals surface area contributed by atoms with Gasteiger partial charge in [-0.15, -0.1) is 0 Å². The van der Waals surface area contributed by atoms with Crippen molar-refractivity contribution in [1.29, 1.82) is 0 Å². The number of piperazine rings is 1. The highest BCUT2D eigenvalue weighted by molar-refractivity contribution is 5.54. The molecule has 0 spiro atoms. The Labute approximate surface area is 152 Å². The molecule has 2 aromatic carbocycles. The zero-order valence-corrected chi connectivity index (χ0v) is 15.0. The zero-order valence-electron chi connectivity index (χ0n) is 15.0. The number of methoxy groups -OCH3 is 1. The topological polar surface area (TPSA) is 36.6 Å². The molecule has 2 N–H and O–H groups in total.